The highest BCUT2D eigenvalue weighted by molar-refractivity contribution is 7.90. The van der Waals surface area contributed by atoms with Crippen molar-refractivity contribution in [3.8, 4) is 0 Å². The number of amides is 1. The zero-order chi connectivity index (χ0) is 24.4. The van der Waals surface area contributed by atoms with Gasteiger partial charge in [0.05, 0.1) is 0 Å². The largest absolute Gasteiger partial charge is 0.339 e. The first-order valence-corrected chi connectivity index (χ1v) is 12.9. The maximum Gasteiger partial charge on any atom is 0.285 e. The van der Waals surface area contributed by atoms with E-state index in [0.29, 0.717) is 16.8 Å². The molecule has 0 unspecified atom stereocenters. The van der Waals surface area contributed by atoms with Crippen molar-refractivity contribution in [2.45, 2.75) is 11.4 Å². The normalized spacial score (nSPS) is 17.5. The molecule has 3 aromatic carbocycles. The molecule has 8 nitrogen and oxygen atoms in total. The molecule has 9 heteroatoms. The van der Waals surface area contributed by atoms with Crippen molar-refractivity contribution in [2.75, 3.05) is 43.9 Å². The molecule has 0 radical (unpaired) electrons. The van der Waals surface area contributed by atoms with Crippen molar-refractivity contribution in [3.63, 3.8) is 0 Å². The number of carbonyl (C=O) groups excluding carboxylic acids is 1. The molecule has 5 rings (SSSR count). The lowest BCUT2D eigenvalue weighted by atomic mass is 10.1. The summed E-state index contributed by atoms with van der Waals surface area (Å²) in [6.07, 6.45) is 0. The number of nitrogens with one attached hydrogen (secondary N) is 2. The summed E-state index contributed by atoms with van der Waals surface area (Å²) >= 11 is 0. The summed E-state index contributed by atoms with van der Waals surface area (Å²) in [5.41, 5.74) is 3.60. The molecule has 2 heterocycles. The van der Waals surface area contributed by atoms with Gasteiger partial charge in [0.1, 0.15) is 4.90 Å². The summed E-state index contributed by atoms with van der Waals surface area (Å²) in [7, 11) is -1.55. The highest BCUT2D eigenvalue weighted by atomic mass is 32.2. The van der Waals surface area contributed by atoms with Crippen LogP contribution in [0.25, 0.3) is 0 Å². The van der Waals surface area contributed by atoms with Crippen LogP contribution >= 0.6 is 0 Å². The van der Waals surface area contributed by atoms with Crippen LogP contribution in [0.1, 0.15) is 21.5 Å². The van der Waals surface area contributed by atoms with Crippen LogP contribution in [0.15, 0.2) is 82.1 Å². The van der Waals surface area contributed by atoms with Crippen LogP contribution in [0.4, 0.5) is 11.4 Å². The molecule has 2 aliphatic heterocycles. The quantitative estimate of drug-likeness (QED) is 0.572. The Bertz CT molecular complexity index is 1380. The van der Waals surface area contributed by atoms with Gasteiger partial charge in [-0.2, -0.15) is 8.42 Å². The van der Waals surface area contributed by atoms with Crippen LogP contribution in [-0.4, -0.2) is 63.2 Å². The third-order valence-electron chi connectivity index (χ3n) is 6.23. The molecular formula is C26H27N5O3S. The fraction of sp³-hybridized carbons (Fsp3) is 0.231. The number of rotatable bonds is 5. The van der Waals surface area contributed by atoms with E-state index in [1.165, 1.54) is 11.6 Å². The number of fused-ring (bicyclic) bond motifs is 1. The summed E-state index contributed by atoms with van der Waals surface area (Å²) < 4.78 is 28.3. The number of anilines is 2. The van der Waals surface area contributed by atoms with Gasteiger partial charge in [-0.05, 0) is 61.1 Å². The van der Waals surface area contributed by atoms with Gasteiger partial charge in [-0.15, -0.1) is 4.40 Å². The fourth-order valence-corrected chi connectivity index (χ4v) is 5.43. The molecule has 0 atom stereocenters. The number of hydrogen-bond donors (Lipinski definition) is 2. The number of hydrogen-bond acceptors (Lipinski definition) is 6. The molecule has 1 amide bonds. The summed E-state index contributed by atoms with van der Waals surface area (Å²) in [6, 6.07) is 21.5. The Balaban J connectivity index is 1.22. The Kier molecular flexibility index (Phi) is 6.38. The summed E-state index contributed by atoms with van der Waals surface area (Å²) in [6.45, 7) is 5.07. The van der Waals surface area contributed by atoms with Crippen molar-refractivity contribution >= 4 is 33.1 Å². The van der Waals surface area contributed by atoms with Gasteiger partial charge in [-0.25, -0.2) is 0 Å². The molecular weight excluding hydrogens is 462 g/mol. The van der Waals surface area contributed by atoms with E-state index in [0.717, 1.165) is 38.4 Å². The second-order valence-corrected chi connectivity index (χ2v) is 10.4. The lowest BCUT2D eigenvalue weighted by Crippen LogP contribution is -2.43. The van der Waals surface area contributed by atoms with Gasteiger partial charge < -0.3 is 15.5 Å². The van der Waals surface area contributed by atoms with E-state index in [2.05, 4.69) is 37.9 Å². The highest BCUT2D eigenvalue weighted by Gasteiger charge is 2.28. The Hall–Kier alpha value is -3.53. The molecule has 0 aliphatic carbocycles. The van der Waals surface area contributed by atoms with Crippen LogP contribution in [0.5, 0.6) is 0 Å². The van der Waals surface area contributed by atoms with Crippen molar-refractivity contribution in [1.29, 1.82) is 0 Å². The molecule has 1 fully saturated rings. The molecule has 3 aromatic rings. The second-order valence-electron chi connectivity index (χ2n) is 8.85. The number of piperazine rings is 1. The molecule has 0 saturated carbocycles. The number of carbonyl (C=O) groups is 1. The maximum absolute atomic E-state index is 12.8. The van der Waals surface area contributed by atoms with Crippen molar-refractivity contribution in [1.82, 2.24) is 9.80 Å². The first kappa shape index (κ1) is 23.2. The minimum absolute atomic E-state index is 0.188. The molecule has 0 bridgehead atoms. The van der Waals surface area contributed by atoms with Gasteiger partial charge >= 0.3 is 0 Å². The van der Waals surface area contributed by atoms with Gasteiger partial charge in [0.15, 0.2) is 5.84 Å². The van der Waals surface area contributed by atoms with Gasteiger partial charge in [0, 0.05) is 55.2 Å². The minimum Gasteiger partial charge on any atom is -0.339 e. The van der Waals surface area contributed by atoms with E-state index in [-0.39, 0.29) is 16.6 Å². The summed E-state index contributed by atoms with van der Waals surface area (Å²) in [5, 5.41) is 6.02. The molecule has 2 N–H and O–H groups in total. The molecule has 1 saturated heterocycles. The van der Waals surface area contributed by atoms with Gasteiger partial charge in [0.2, 0.25) is 0 Å². The number of benzene rings is 3. The fourth-order valence-electron chi connectivity index (χ4n) is 4.25. The summed E-state index contributed by atoms with van der Waals surface area (Å²) in [5.74, 6) is 0.0643. The number of sulfonamides is 1. The predicted octanol–water partition coefficient (Wildman–Crippen LogP) is 3.25. The van der Waals surface area contributed by atoms with Crippen LogP contribution in [0.3, 0.4) is 0 Å². The van der Waals surface area contributed by atoms with Crippen molar-refractivity contribution < 1.29 is 13.2 Å². The molecule has 2 aliphatic rings. The minimum atomic E-state index is -3.69. The van der Waals surface area contributed by atoms with Crippen molar-refractivity contribution in [2.24, 2.45) is 4.40 Å². The third-order valence-corrected chi connectivity index (χ3v) is 7.56. The Labute approximate surface area is 205 Å². The second kappa shape index (κ2) is 9.61. The Morgan fingerprint density at radius 2 is 1.66 bits per heavy atom. The van der Waals surface area contributed by atoms with Gasteiger partial charge in [0.25, 0.3) is 15.9 Å². The van der Waals surface area contributed by atoms with E-state index < -0.39 is 10.0 Å². The standard InChI is InChI=1S/C26H27N5O3S/c1-30-13-15-31(16-14-30)18-19-5-4-6-22(17-19)28-26(32)20-9-11-21(12-10-20)27-25-23-7-2-3-8-24(23)35(33,34)29-25/h2-12,17H,13-16,18H2,1H3,(H,27,29)(H,28,32). The average Bonchev–Trinajstić information content (AvgIpc) is 3.11. The van der Waals surface area contributed by atoms with E-state index in [9.17, 15) is 13.2 Å². The van der Waals surface area contributed by atoms with E-state index in [1.54, 1.807) is 42.5 Å². The third kappa shape index (κ3) is 5.27. The number of nitrogens with zero attached hydrogens (tertiary/aromatic N) is 3. The molecule has 35 heavy (non-hydrogen) atoms. The van der Waals surface area contributed by atoms with Gasteiger partial charge in [-0.1, -0.05) is 24.3 Å². The Morgan fingerprint density at radius 1 is 0.914 bits per heavy atom. The zero-order valence-corrected chi connectivity index (χ0v) is 20.3. The molecule has 180 valence electrons. The SMILES string of the molecule is CN1CCN(Cc2cccc(NC(=O)c3ccc(NC4=NS(=O)(=O)c5ccccc54)cc3)c2)CC1. The summed E-state index contributed by atoms with van der Waals surface area (Å²) in [4.78, 5) is 17.7. The highest BCUT2D eigenvalue weighted by Crippen LogP contribution is 2.27. The average molecular weight is 490 g/mol. The lowest BCUT2D eigenvalue weighted by Gasteiger charge is -2.32. The lowest BCUT2D eigenvalue weighted by molar-refractivity contribution is 0.102. The predicted molar refractivity (Wildman–Crippen MR) is 137 cm³/mol. The first-order chi connectivity index (χ1) is 16.9. The molecule has 0 aromatic heterocycles. The zero-order valence-electron chi connectivity index (χ0n) is 19.4. The van der Waals surface area contributed by atoms with Gasteiger partial charge in [-0.3, -0.25) is 9.69 Å². The van der Waals surface area contributed by atoms with Crippen LogP contribution in [-0.2, 0) is 16.6 Å². The number of likely N-dealkylation sites (N-methyl/N-ethyl adjacent to an activating group) is 1. The maximum atomic E-state index is 12.8. The van der Waals surface area contributed by atoms with Crippen molar-refractivity contribution in [3.05, 3.63) is 89.5 Å². The molecule has 0 spiro atoms. The topological polar surface area (TPSA) is 94.1 Å². The van der Waals surface area contributed by atoms with Crippen LogP contribution in [0, 0.1) is 0 Å². The smallest absolute Gasteiger partial charge is 0.285 e. The van der Waals surface area contributed by atoms with Crippen LogP contribution in [0.2, 0.25) is 0 Å². The monoisotopic (exact) mass is 489 g/mol. The Morgan fingerprint density at radius 3 is 2.43 bits per heavy atom. The van der Waals surface area contributed by atoms with E-state index >= 15 is 0 Å². The van der Waals surface area contributed by atoms with E-state index in [1.807, 2.05) is 18.2 Å². The first-order valence-electron chi connectivity index (χ1n) is 11.5. The van der Waals surface area contributed by atoms with E-state index in [4.69, 9.17) is 0 Å². The number of amidine groups is 1. The van der Waals surface area contributed by atoms with Crippen LogP contribution < -0.4 is 10.6 Å².